The lowest BCUT2D eigenvalue weighted by molar-refractivity contribution is 0.607. The quantitative estimate of drug-likeness (QED) is 0.612. The fourth-order valence-corrected chi connectivity index (χ4v) is 1.01. The molecule has 0 bridgehead atoms. The zero-order valence-corrected chi connectivity index (χ0v) is 5.78. The highest BCUT2D eigenvalue weighted by atomic mass is 35.7. The van der Waals surface area contributed by atoms with Gasteiger partial charge in [0.15, 0.2) is 5.03 Å². The van der Waals surface area contributed by atoms with E-state index in [1.807, 2.05) is 0 Å². The van der Waals surface area contributed by atoms with E-state index >= 15 is 0 Å². The molecule has 1 heterocycles. The summed E-state index contributed by atoms with van der Waals surface area (Å²) in [6, 6.07) is 0. The van der Waals surface area contributed by atoms with E-state index in [0.29, 0.717) is 0 Å². The normalized spacial score (nSPS) is 11.7. The van der Waals surface area contributed by atoms with Gasteiger partial charge < -0.3 is 4.98 Å². The van der Waals surface area contributed by atoms with Gasteiger partial charge in [0.1, 0.15) is 0 Å². The molecule has 0 aliphatic carbocycles. The first-order valence-electron chi connectivity index (χ1n) is 2.04. The van der Waals surface area contributed by atoms with Crippen molar-refractivity contribution >= 4 is 19.7 Å². The maximum Gasteiger partial charge on any atom is 0.278 e. The molecule has 0 saturated heterocycles. The van der Waals surface area contributed by atoms with Crippen molar-refractivity contribution in [2.24, 2.45) is 0 Å². The Morgan fingerprint density at radius 2 is 2.33 bits per heavy atom. The minimum Gasteiger partial charge on any atom is -0.335 e. The lowest BCUT2D eigenvalue weighted by atomic mass is 11.0. The van der Waals surface area contributed by atoms with E-state index in [2.05, 4.69) is 9.97 Å². The Morgan fingerprint density at radius 1 is 1.67 bits per heavy atom. The van der Waals surface area contributed by atoms with Gasteiger partial charge in [0.25, 0.3) is 9.05 Å². The molecule has 1 aromatic heterocycles. The number of hydrogen-bond donors (Lipinski definition) is 1. The first kappa shape index (κ1) is 6.57. The summed E-state index contributed by atoms with van der Waals surface area (Å²) >= 11 is 0. The zero-order chi connectivity index (χ0) is 6.91. The lowest BCUT2D eigenvalue weighted by Gasteiger charge is -1.83. The van der Waals surface area contributed by atoms with Gasteiger partial charge in [-0.1, -0.05) is 0 Å². The number of H-pyrrole nitrogens is 1. The molecule has 6 heteroatoms. The van der Waals surface area contributed by atoms with Crippen molar-refractivity contribution in [2.75, 3.05) is 0 Å². The molecule has 0 amide bonds. The Morgan fingerprint density at radius 3 is 2.56 bits per heavy atom. The molecule has 0 fully saturated rings. The van der Waals surface area contributed by atoms with Gasteiger partial charge in [-0.3, -0.25) is 0 Å². The summed E-state index contributed by atoms with van der Waals surface area (Å²) in [5, 5.41) is -0.0795. The summed E-state index contributed by atoms with van der Waals surface area (Å²) in [6.45, 7) is 0. The predicted molar refractivity (Wildman–Crippen MR) is 31.6 cm³/mol. The number of rotatable bonds is 1. The third kappa shape index (κ3) is 1.43. The van der Waals surface area contributed by atoms with Crippen molar-refractivity contribution in [1.82, 2.24) is 9.97 Å². The molecule has 1 N–H and O–H groups in total. The Balaban J connectivity index is 3.20. The van der Waals surface area contributed by atoms with Crippen LogP contribution in [0.1, 0.15) is 0 Å². The van der Waals surface area contributed by atoms with Crippen LogP contribution in [0.25, 0.3) is 0 Å². The molecule has 50 valence electrons. The van der Waals surface area contributed by atoms with Crippen LogP contribution < -0.4 is 0 Å². The standard InChI is InChI=1S/C3H3ClN2O2S/c4-9(7,8)3-1-5-2-6-3/h1-2H,(H,5,6). The maximum atomic E-state index is 10.4. The molecule has 0 aromatic carbocycles. The van der Waals surface area contributed by atoms with Crippen molar-refractivity contribution in [1.29, 1.82) is 0 Å². The third-order valence-corrected chi connectivity index (χ3v) is 1.98. The molecular formula is C3H3ClN2O2S. The van der Waals surface area contributed by atoms with Crippen LogP contribution in [0.3, 0.4) is 0 Å². The summed E-state index contributed by atoms with van der Waals surface area (Å²) < 4.78 is 20.8. The van der Waals surface area contributed by atoms with Crippen LogP contribution in [0.4, 0.5) is 0 Å². The highest BCUT2D eigenvalue weighted by molar-refractivity contribution is 8.13. The summed E-state index contributed by atoms with van der Waals surface area (Å²) in [6.07, 6.45) is 2.39. The lowest BCUT2D eigenvalue weighted by Crippen LogP contribution is -1.88. The second-order valence-electron chi connectivity index (χ2n) is 1.35. The average molecular weight is 167 g/mol. The van der Waals surface area contributed by atoms with Crippen LogP contribution in [0.5, 0.6) is 0 Å². The summed E-state index contributed by atoms with van der Waals surface area (Å²) in [5.74, 6) is 0. The minimum atomic E-state index is -3.61. The number of hydrogen-bond acceptors (Lipinski definition) is 3. The van der Waals surface area contributed by atoms with Crippen molar-refractivity contribution in [3.63, 3.8) is 0 Å². The molecule has 0 spiro atoms. The number of imidazole rings is 1. The smallest absolute Gasteiger partial charge is 0.278 e. The Bertz CT molecular complexity index is 277. The molecule has 1 aromatic rings. The van der Waals surface area contributed by atoms with Gasteiger partial charge in [0.05, 0.1) is 12.5 Å². The fraction of sp³-hybridized carbons (Fsp3) is 0. The second kappa shape index (κ2) is 2.00. The highest BCUT2D eigenvalue weighted by Gasteiger charge is 2.09. The highest BCUT2D eigenvalue weighted by Crippen LogP contribution is 2.08. The summed E-state index contributed by atoms with van der Waals surface area (Å²) in [5.41, 5.74) is 0. The molecule has 4 nitrogen and oxygen atoms in total. The van der Waals surface area contributed by atoms with E-state index < -0.39 is 9.05 Å². The molecule has 0 atom stereocenters. The van der Waals surface area contributed by atoms with E-state index in [4.69, 9.17) is 10.7 Å². The van der Waals surface area contributed by atoms with Crippen molar-refractivity contribution < 1.29 is 8.42 Å². The average Bonchev–Trinajstić information content (AvgIpc) is 2.08. The first-order valence-corrected chi connectivity index (χ1v) is 4.34. The monoisotopic (exact) mass is 166 g/mol. The topological polar surface area (TPSA) is 62.8 Å². The first-order chi connectivity index (χ1) is 4.11. The number of aromatic amines is 1. The van der Waals surface area contributed by atoms with Gasteiger partial charge in [0, 0.05) is 10.7 Å². The van der Waals surface area contributed by atoms with E-state index in [0.717, 1.165) is 6.20 Å². The molecule has 0 saturated carbocycles. The Kier molecular flexibility index (Phi) is 1.46. The zero-order valence-electron chi connectivity index (χ0n) is 4.20. The number of nitrogens with one attached hydrogen (secondary N) is 1. The molecule has 0 radical (unpaired) electrons. The van der Waals surface area contributed by atoms with Gasteiger partial charge in [-0.2, -0.15) is 0 Å². The van der Waals surface area contributed by atoms with Crippen LogP contribution in [0.2, 0.25) is 0 Å². The SMILES string of the molecule is O=S(=O)(Cl)c1cnc[nH]1. The van der Waals surface area contributed by atoms with Gasteiger partial charge in [0.2, 0.25) is 0 Å². The van der Waals surface area contributed by atoms with E-state index in [1.165, 1.54) is 6.33 Å². The van der Waals surface area contributed by atoms with E-state index in [9.17, 15) is 8.42 Å². The van der Waals surface area contributed by atoms with Crippen LogP contribution in [0.15, 0.2) is 17.6 Å². The van der Waals surface area contributed by atoms with Crippen molar-refractivity contribution in [3.8, 4) is 0 Å². The molecular weight excluding hydrogens is 164 g/mol. The molecule has 0 aliphatic heterocycles. The number of halogens is 1. The van der Waals surface area contributed by atoms with E-state index in [1.54, 1.807) is 0 Å². The van der Waals surface area contributed by atoms with E-state index in [-0.39, 0.29) is 5.03 Å². The van der Waals surface area contributed by atoms with Crippen LogP contribution in [0, 0.1) is 0 Å². The van der Waals surface area contributed by atoms with Crippen LogP contribution in [-0.2, 0) is 9.05 Å². The minimum absolute atomic E-state index is 0.0795. The van der Waals surface area contributed by atoms with Crippen LogP contribution in [-0.4, -0.2) is 18.4 Å². The third-order valence-electron chi connectivity index (χ3n) is 0.736. The van der Waals surface area contributed by atoms with Crippen molar-refractivity contribution in [2.45, 2.75) is 5.03 Å². The second-order valence-corrected chi connectivity index (χ2v) is 3.89. The largest absolute Gasteiger partial charge is 0.335 e. The van der Waals surface area contributed by atoms with Gasteiger partial charge in [-0.05, 0) is 0 Å². The maximum absolute atomic E-state index is 10.4. The predicted octanol–water partition coefficient (Wildman–Crippen LogP) is 0.337. The molecule has 0 aliphatic rings. The number of aromatic nitrogens is 2. The fourth-order valence-electron chi connectivity index (χ4n) is 0.376. The molecule has 0 unspecified atom stereocenters. The molecule has 9 heavy (non-hydrogen) atoms. The van der Waals surface area contributed by atoms with Crippen LogP contribution >= 0.6 is 10.7 Å². The number of nitrogens with zero attached hydrogens (tertiary/aromatic N) is 1. The van der Waals surface area contributed by atoms with Gasteiger partial charge in [-0.15, -0.1) is 0 Å². The Hall–Kier alpha value is -0.550. The van der Waals surface area contributed by atoms with Gasteiger partial charge >= 0.3 is 0 Å². The molecule has 1 rings (SSSR count). The van der Waals surface area contributed by atoms with Gasteiger partial charge in [-0.25, -0.2) is 13.4 Å². The summed E-state index contributed by atoms with van der Waals surface area (Å²) in [4.78, 5) is 5.82. The summed E-state index contributed by atoms with van der Waals surface area (Å²) in [7, 11) is 1.30. The Labute approximate surface area is 56.3 Å². The van der Waals surface area contributed by atoms with Crippen molar-refractivity contribution in [3.05, 3.63) is 12.5 Å².